The lowest BCUT2D eigenvalue weighted by Crippen LogP contribution is -2.24. The highest BCUT2D eigenvalue weighted by atomic mass is 35.5. The molecule has 1 rings (SSSR count). The lowest BCUT2D eigenvalue weighted by atomic mass is 9.85. The van der Waals surface area contributed by atoms with Gasteiger partial charge in [-0.2, -0.15) is 0 Å². The molecule has 0 saturated heterocycles. The summed E-state index contributed by atoms with van der Waals surface area (Å²) in [5.41, 5.74) is 0. The van der Waals surface area contributed by atoms with Gasteiger partial charge in [0.1, 0.15) is 0 Å². The van der Waals surface area contributed by atoms with E-state index in [1.807, 2.05) is 0 Å². The first-order valence-corrected chi connectivity index (χ1v) is 5.93. The maximum atomic E-state index is 6.47. The van der Waals surface area contributed by atoms with E-state index in [4.69, 9.17) is 23.2 Å². The Morgan fingerprint density at radius 1 is 1.00 bits per heavy atom. The largest absolute Gasteiger partial charge is 0.127 e. The zero-order valence-electron chi connectivity index (χ0n) is 7.62. The topological polar surface area (TPSA) is 0 Å². The molecule has 0 spiro atoms. The van der Waals surface area contributed by atoms with Gasteiger partial charge in [-0.05, 0) is 25.7 Å². The van der Waals surface area contributed by atoms with Crippen LogP contribution in [0.3, 0.4) is 0 Å². The third kappa shape index (κ3) is 3.53. The highest BCUT2D eigenvalue weighted by Crippen LogP contribution is 2.38. The Labute approximate surface area is 85.6 Å². The molecule has 0 aromatic rings. The Bertz CT molecular complexity index is 117. The SMILES string of the molecule is ClCCCCC1(Cl)CCCCC1. The standard InChI is InChI=1S/C10H18Cl2/c11-9-5-4-8-10(12)6-2-1-3-7-10/h1-9H2. The molecule has 0 nitrogen and oxygen atoms in total. The van der Waals surface area contributed by atoms with Crippen molar-refractivity contribution in [2.45, 2.75) is 56.2 Å². The number of halogens is 2. The van der Waals surface area contributed by atoms with Crippen molar-refractivity contribution in [1.82, 2.24) is 0 Å². The van der Waals surface area contributed by atoms with E-state index in [9.17, 15) is 0 Å². The van der Waals surface area contributed by atoms with E-state index in [1.54, 1.807) is 0 Å². The van der Waals surface area contributed by atoms with Crippen LogP contribution in [-0.2, 0) is 0 Å². The molecule has 1 fully saturated rings. The Kier molecular flexibility index (Phi) is 4.74. The Morgan fingerprint density at radius 2 is 1.67 bits per heavy atom. The number of alkyl halides is 2. The fourth-order valence-electron chi connectivity index (χ4n) is 1.97. The quantitative estimate of drug-likeness (QED) is 0.477. The van der Waals surface area contributed by atoms with Crippen molar-refractivity contribution in [3.8, 4) is 0 Å². The number of hydrogen-bond donors (Lipinski definition) is 0. The van der Waals surface area contributed by atoms with E-state index >= 15 is 0 Å². The fourth-order valence-corrected chi connectivity index (χ4v) is 2.56. The Balaban J connectivity index is 2.17. The molecule has 0 unspecified atom stereocenters. The van der Waals surface area contributed by atoms with E-state index in [1.165, 1.54) is 44.9 Å². The predicted octanol–water partition coefficient (Wildman–Crippen LogP) is 4.34. The third-order valence-electron chi connectivity index (χ3n) is 2.76. The van der Waals surface area contributed by atoms with Gasteiger partial charge in [-0.25, -0.2) is 0 Å². The van der Waals surface area contributed by atoms with Gasteiger partial charge in [0, 0.05) is 10.8 Å². The number of hydrogen-bond acceptors (Lipinski definition) is 0. The highest BCUT2D eigenvalue weighted by molar-refractivity contribution is 6.24. The van der Waals surface area contributed by atoms with Gasteiger partial charge in [0.2, 0.25) is 0 Å². The van der Waals surface area contributed by atoms with E-state index < -0.39 is 0 Å². The summed E-state index contributed by atoms with van der Waals surface area (Å²) in [7, 11) is 0. The average molecular weight is 209 g/mol. The van der Waals surface area contributed by atoms with Gasteiger partial charge in [-0.3, -0.25) is 0 Å². The van der Waals surface area contributed by atoms with Crippen LogP contribution >= 0.6 is 23.2 Å². The summed E-state index contributed by atoms with van der Waals surface area (Å²) >= 11 is 12.1. The van der Waals surface area contributed by atoms with Crippen LogP contribution < -0.4 is 0 Å². The fraction of sp³-hybridized carbons (Fsp3) is 1.00. The van der Waals surface area contributed by atoms with Crippen molar-refractivity contribution in [1.29, 1.82) is 0 Å². The van der Waals surface area contributed by atoms with E-state index in [0.717, 1.165) is 12.3 Å². The van der Waals surface area contributed by atoms with Crippen LogP contribution in [-0.4, -0.2) is 10.8 Å². The first-order chi connectivity index (χ1) is 5.77. The van der Waals surface area contributed by atoms with Crippen LogP contribution in [0.25, 0.3) is 0 Å². The van der Waals surface area contributed by atoms with E-state index in [2.05, 4.69) is 0 Å². The lowest BCUT2D eigenvalue weighted by Gasteiger charge is -2.31. The van der Waals surface area contributed by atoms with Crippen molar-refractivity contribution in [2.75, 3.05) is 5.88 Å². The molecule has 12 heavy (non-hydrogen) atoms. The molecule has 0 radical (unpaired) electrons. The third-order valence-corrected chi connectivity index (χ3v) is 3.59. The summed E-state index contributed by atoms with van der Waals surface area (Å²) in [5, 5.41) is 0. The van der Waals surface area contributed by atoms with Crippen LogP contribution in [0, 0.1) is 0 Å². The van der Waals surface area contributed by atoms with Crippen molar-refractivity contribution in [2.24, 2.45) is 0 Å². The second kappa shape index (κ2) is 5.34. The molecule has 0 N–H and O–H groups in total. The molecule has 72 valence electrons. The van der Waals surface area contributed by atoms with Crippen molar-refractivity contribution < 1.29 is 0 Å². The van der Waals surface area contributed by atoms with Crippen molar-refractivity contribution in [3.63, 3.8) is 0 Å². The second-order valence-corrected chi connectivity index (χ2v) is 5.04. The van der Waals surface area contributed by atoms with Gasteiger partial charge in [0.25, 0.3) is 0 Å². The molecule has 0 heterocycles. The molecule has 1 aliphatic carbocycles. The normalized spacial score (nSPS) is 22.5. The molecule has 0 aromatic carbocycles. The zero-order valence-corrected chi connectivity index (χ0v) is 9.13. The molecule has 0 aromatic heterocycles. The molecule has 0 atom stereocenters. The molecule has 0 bridgehead atoms. The van der Waals surface area contributed by atoms with Crippen molar-refractivity contribution in [3.05, 3.63) is 0 Å². The summed E-state index contributed by atoms with van der Waals surface area (Å²) in [5.74, 6) is 0.785. The van der Waals surface area contributed by atoms with Gasteiger partial charge in [-0.1, -0.05) is 25.7 Å². The maximum Gasteiger partial charge on any atom is 0.0446 e. The van der Waals surface area contributed by atoms with Gasteiger partial charge in [0.05, 0.1) is 0 Å². The summed E-state index contributed by atoms with van der Waals surface area (Å²) in [6.07, 6.45) is 9.96. The molecule has 2 heteroatoms. The van der Waals surface area contributed by atoms with E-state index in [0.29, 0.717) is 0 Å². The highest BCUT2D eigenvalue weighted by Gasteiger charge is 2.28. The second-order valence-electron chi connectivity index (χ2n) is 3.86. The Morgan fingerprint density at radius 3 is 2.25 bits per heavy atom. The molecule has 1 saturated carbocycles. The van der Waals surface area contributed by atoms with Gasteiger partial charge >= 0.3 is 0 Å². The lowest BCUT2D eigenvalue weighted by molar-refractivity contribution is 0.362. The monoisotopic (exact) mass is 208 g/mol. The van der Waals surface area contributed by atoms with Gasteiger partial charge in [0.15, 0.2) is 0 Å². The molecule has 1 aliphatic rings. The predicted molar refractivity (Wildman–Crippen MR) is 56.2 cm³/mol. The Hall–Kier alpha value is 0.580. The molecular weight excluding hydrogens is 191 g/mol. The van der Waals surface area contributed by atoms with Crippen molar-refractivity contribution >= 4 is 23.2 Å². The number of unbranched alkanes of at least 4 members (excludes halogenated alkanes) is 1. The number of rotatable bonds is 4. The zero-order chi connectivity index (χ0) is 8.86. The van der Waals surface area contributed by atoms with Crippen LogP contribution in [0.15, 0.2) is 0 Å². The van der Waals surface area contributed by atoms with Crippen LogP contribution in [0.5, 0.6) is 0 Å². The van der Waals surface area contributed by atoms with Crippen LogP contribution in [0.4, 0.5) is 0 Å². The smallest absolute Gasteiger partial charge is 0.0446 e. The maximum absolute atomic E-state index is 6.47. The van der Waals surface area contributed by atoms with Gasteiger partial charge in [-0.15, -0.1) is 23.2 Å². The summed E-state index contributed by atoms with van der Waals surface area (Å²) < 4.78 is 0. The van der Waals surface area contributed by atoms with Gasteiger partial charge < -0.3 is 0 Å². The summed E-state index contributed by atoms with van der Waals surface area (Å²) in [4.78, 5) is 0.143. The van der Waals surface area contributed by atoms with Crippen LogP contribution in [0.2, 0.25) is 0 Å². The molecule has 0 amide bonds. The summed E-state index contributed by atoms with van der Waals surface area (Å²) in [6.45, 7) is 0. The minimum absolute atomic E-state index is 0.143. The first-order valence-electron chi connectivity index (χ1n) is 5.02. The average Bonchev–Trinajstić information content (AvgIpc) is 2.06. The molecular formula is C10H18Cl2. The van der Waals surface area contributed by atoms with E-state index in [-0.39, 0.29) is 4.87 Å². The summed E-state index contributed by atoms with van der Waals surface area (Å²) in [6, 6.07) is 0. The van der Waals surface area contributed by atoms with Crippen LogP contribution in [0.1, 0.15) is 51.4 Å². The first kappa shape index (κ1) is 10.7. The molecule has 0 aliphatic heterocycles. The minimum atomic E-state index is 0.143. The minimum Gasteiger partial charge on any atom is -0.127 e.